The van der Waals surface area contributed by atoms with Gasteiger partial charge in [-0.25, -0.2) is 0 Å². The predicted molar refractivity (Wildman–Crippen MR) is 71.9 cm³/mol. The summed E-state index contributed by atoms with van der Waals surface area (Å²) in [6.07, 6.45) is 2.30. The minimum atomic E-state index is -0.602. The van der Waals surface area contributed by atoms with Crippen molar-refractivity contribution in [2.45, 2.75) is 0 Å². The van der Waals surface area contributed by atoms with Crippen molar-refractivity contribution in [2.75, 3.05) is 0 Å². The van der Waals surface area contributed by atoms with Gasteiger partial charge in [-0.05, 0) is 12.1 Å². The van der Waals surface area contributed by atoms with Gasteiger partial charge in [0, 0.05) is 12.6 Å². The Morgan fingerprint density at radius 2 is 2.11 bits per heavy atom. The zero-order valence-corrected chi connectivity index (χ0v) is 10.8. The zero-order valence-electron chi connectivity index (χ0n) is 9.94. The number of aromatic nitrogens is 1. The average molecular weight is 278 g/mol. The highest BCUT2D eigenvalue weighted by Gasteiger charge is 2.04. The number of para-hydroxylation sites is 1. The minimum absolute atomic E-state index is 0.0535. The van der Waals surface area contributed by atoms with E-state index in [2.05, 4.69) is 0 Å². The van der Waals surface area contributed by atoms with Gasteiger partial charge in [-0.3, -0.25) is 19.5 Å². The van der Waals surface area contributed by atoms with E-state index in [4.69, 9.17) is 0 Å². The second-order valence-corrected chi connectivity index (χ2v) is 4.85. The molecule has 1 aromatic carbocycles. The zero-order chi connectivity index (χ0) is 14.0. The van der Waals surface area contributed by atoms with Crippen molar-refractivity contribution in [1.29, 1.82) is 0 Å². The predicted octanol–water partition coefficient (Wildman–Crippen LogP) is -0.00410. The largest absolute Gasteiger partial charge is 0.507 e. The van der Waals surface area contributed by atoms with Crippen LogP contribution in [0.4, 0.5) is 0 Å². The van der Waals surface area contributed by atoms with E-state index in [9.17, 15) is 20.0 Å². The highest BCUT2D eigenvalue weighted by Crippen LogP contribution is 2.15. The highest BCUT2D eigenvalue weighted by molar-refractivity contribution is 7.07. The van der Waals surface area contributed by atoms with Gasteiger partial charge < -0.3 is 5.11 Å². The van der Waals surface area contributed by atoms with E-state index in [0.29, 0.717) is 10.1 Å². The molecule has 98 valence electrons. The van der Waals surface area contributed by atoms with Gasteiger partial charge in [0.15, 0.2) is 4.66 Å². The molecule has 1 heterocycles. The molecule has 2 aromatic rings. The van der Waals surface area contributed by atoms with Crippen molar-refractivity contribution in [2.24, 2.45) is 7.05 Å². The number of nitrogens with zero attached hydrogens (tertiary/aromatic N) is 2. The maximum atomic E-state index is 11.9. The maximum Gasteiger partial charge on any atom is 0.268 e. The summed E-state index contributed by atoms with van der Waals surface area (Å²) in [7, 11) is 1.47. The number of hydrogen-bond donors (Lipinski definition) is 1. The van der Waals surface area contributed by atoms with Crippen molar-refractivity contribution in [1.82, 2.24) is 4.57 Å². The molecule has 0 aliphatic carbocycles. The molecule has 0 saturated carbocycles. The van der Waals surface area contributed by atoms with Gasteiger partial charge in [-0.2, -0.15) is 0 Å². The van der Waals surface area contributed by atoms with E-state index in [0.717, 1.165) is 17.5 Å². The van der Waals surface area contributed by atoms with Gasteiger partial charge in [0.25, 0.3) is 11.8 Å². The second kappa shape index (κ2) is 5.07. The minimum Gasteiger partial charge on any atom is -0.507 e. The van der Waals surface area contributed by atoms with Gasteiger partial charge >= 0.3 is 0 Å². The van der Waals surface area contributed by atoms with Gasteiger partial charge in [-0.15, -0.1) is 11.3 Å². The van der Waals surface area contributed by atoms with Crippen LogP contribution in [0.2, 0.25) is 0 Å². The molecule has 0 atom stereocenters. The molecule has 0 aliphatic rings. The number of benzene rings is 1. The molecular formula is C12H10N2O4S. The second-order valence-electron chi connectivity index (χ2n) is 3.79. The van der Waals surface area contributed by atoms with Crippen molar-refractivity contribution >= 4 is 23.6 Å². The summed E-state index contributed by atoms with van der Waals surface area (Å²) in [5.74, 6) is 0.0535. The molecule has 2 rings (SSSR count). The Hall–Kier alpha value is -2.41. The SMILES string of the molecule is Cn1c(=O)/c(=C\c2ccccc2O)s/c1=C\[N+](=O)[O-]. The lowest BCUT2D eigenvalue weighted by Crippen LogP contribution is -2.29. The number of rotatable bonds is 2. The lowest BCUT2D eigenvalue weighted by atomic mass is 10.2. The normalized spacial score (nSPS) is 12.9. The van der Waals surface area contributed by atoms with Crippen LogP contribution in [0.5, 0.6) is 5.75 Å². The van der Waals surface area contributed by atoms with Crippen molar-refractivity contribution in [3.8, 4) is 5.75 Å². The fourth-order valence-electron chi connectivity index (χ4n) is 1.54. The number of hydrogen-bond acceptors (Lipinski definition) is 5. The standard InChI is InChI=1S/C12H10N2O4S/c1-13-11(7-14(17)18)19-10(12(13)16)6-8-4-2-3-5-9(8)15/h2-7,15H,1H3/b10-6+,11-7-. The summed E-state index contributed by atoms with van der Waals surface area (Å²) < 4.78 is 1.79. The van der Waals surface area contributed by atoms with Crippen LogP contribution in [0.15, 0.2) is 29.1 Å². The molecule has 19 heavy (non-hydrogen) atoms. The van der Waals surface area contributed by atoms with Crippen molar-refractivity contribution in [3.05, 3.63) is 59.5 Å². The maximum absolute atomic E-state index is 11.9. The molecule has 1 aromatic heterocycles. The fraction of sp³-hybridized carbons (Fsp3) is 0.0833. The molecule has 0 unspecified atom stereocenters. The van der Waals surface area contributed by atoms with E-state index in [1.54, 1.807) is 18.2 Å². The molecule has 0 amide bonds. The highest BCUT2D eigenvalue weighted by atomic mass is 32.1. The van der Waals surface area contributed by atoms with Crippen molar-refractivity contribution < 1.29 is 10.0 Å². The summed E-state index contributed by atoms with van der Waals surface area (Å²) in [5.41, 5.74) is 0.162. The van der Waals surface area contributed by atoms with Crippen LogP contribution in [0, 0.1) is 10.1 Å². The van der Waals surface area contributed by atoms with Crippen LogP contribution in [0.25, 0.3) is 12.3 Å². The molecule has 1 N–H and O–H groups in total. The third kappa shape index (κ3) is 2.71. The fourth-order valence-corrected chi connectivity index (χ4v) is 2.53. The number of phenolic OH excluding ortho intramolecular Hbond substituents is 1. The molecule has 6 nitrogen and oxygen atoms in total. The van der Waals surface area contributed by atoms with Crippen LogP contribution in [-0.4, -0.2) is 14.6 Å². The number of nitro groups is 1. The Balaban J connectivity index is 2.69. The first kappa shape index (κ1) is 13.0. The van der Waals surface area contributed by atoms with Crippen LogP contribution in [0.1, 0.15) is 5.56 Å². The molecule has 0 spiro atoms. The quantitative estimate of drug-likeness (QED) is 0.618. The molecule has 0 fully saturated rings. The molecule has 0 saturated heterocycles. The summed E-state index contributed by atoms with van der Waals surface area (Å²) in [6, 6.07) is 6.57. The summed E-state index contributed by atoms with van der Waals surface area (Å²) in [5, 5.41) is 20.1. The van der Waals surface area contributed by atoms with E-state index in [1.807, 2.05) is 0 Å². The van der Waals surface area contributed by atoms with Crippen LogP contribution in [-0.2, 0) is 7.05 Å². The Kier molecular flexibility index (Phi) is 3.48. The van der Waals surface area contributed by atoms with Crippen LogP contribution < -0.4 is 14.8 Å². The van der Waals surface area contributed by atoms with E-state index in [1.165, 1.54) is 23.8 Å². The Morgan fingerprint density at radius 3 is 2.74 bits per heavy atom. The molecule has 0 radical (unpaired) electrons. The summed E-state index contributed by atoms with van der Waals surface area (Å²) >= 11 is 1.00. The first-order chi connectivity index (χ1) is 8.99. The molecule has 7 heteroatoms. The van der Waals surface area contributed by atoms with Gasteiger partial charge in [0.1, 0.15) is 5.75 Å². The monoisotopic (exact) mass is 278 g/mol. The Bertz CT molecular complexity index is 804. The van der Waals surface area contributed by atoms with Crippen LogP contribution in [0.3, 0.4) is 0 Å². The van der Waals surface area contributed by atoms with E-state index < -0.39 is 4.92 Å². The Labute approximate surface area is 111 Å². The van der Waals surface area contributed by atoms with Gasteiger partial charge in [-0.1, -0.05) is 18.2 Å². The average Bonchev–Trinajstić information content (AvgIpc) is 2.60. The summed E-state index contributed by atoms with van der Waals surface area (Å²) in [4.78, 5) is 21.7. The first-order valence-corrected chi connectivity index (χ1v) is 6.11. The van der Waals surface area contributed by atoms with Gasteiger partial charge in [0.2, 0.25) is 0 Å². The number of phenols is 1. The van der Waals surface area contributed by atoms with Gasteiger partial charge in [0.05, 0.1) is 9.46 Å². The third-order valence-corrected chi connectivity index (χ3v) is 3.60. The lowest BCUT2D eigenvalue weighted by Gasteiger charge is -1.95. The number of thiazole rings is 1. The van der Waals surface area contributed by atoms with Crippen LogP contribution >= 0.6 is 11.3 Å². The molecular weight excluding hydrogens is 268 g/mol. The third-order valence-electron chi connectivity index (χ3n) is 2.50. The lowest BCUT2D eigenvalue weighted by molar-refractivity contribution is -0.363. The Morgan fingerprint density at radius 1 is 1.42 bits per heavy atom. The first-order valence-electron chi connectivity index (χ1n) is 5.30. The topological polar surface area (TPSA) is 85.4 Å². The molecule has 0 bridgehead atoms. The summed E-state index contributed by atoms with van der Waals surface area (Å²) in [6.45, 7) is 0. The van der Waals surface area contributed by atoms with E-state index >= 15 is 0 Å². The number of aromatic hydroxyl groups is 1. The van der Waals surface area contributed by atoms with Crippen molar-refractivity contribution in [3.63, 3.8) is 0 Å². The smallest absolute Gasteiger partial charge is 0.268 e. The molecule has 0 aliphatic heterocycles. The van der Waals surface area contributed by atoms with E-state index in [-0.39, 0.29) is 16.0 Å².